The third-order valence-corrected chi connectivity index (χ3v) is 9.14. The number of alkyl carbamates (subject to hydrolysis) is 1. The summed E-state index contributed by atoms with van der Waals surface area (Å²) in [4.78, 5) is 51.8. The van der Waals surface area contributed by atoms with Gasteiger partial charge in [-0.15, -0.1) is 0 Å². The number of hydrogen-bond donors (Lipinski definition) is 2. The van der Waals surface area contributed by atoms with Crippen molar-refractivity contribution in [2.75, 3.05) is 36.5 Å². The zero-order valence-corrected chi connectivity index (χ0v) is 27.3. The number of aliphatic imine (C=N–C) groups is 1. The second-order valence-corrected chi connectivity index (χ2v) is 12.4. The van der Waals surface area contributed by atoms with Crippen molar-refractivity contribution in [3.63, 3.8) is 0 Å². The highest BCUT2D eigenvalue weighted by Crippen LogP contribution is 2.41. The van der Waals surface area contributed by atoms with Gasteiger partial charge in [-0.05, 0) is 72.1 Å². The summed E-state index contributed by atoms with van der Waals surface area (Å²) in [5, 5.41) is 5.46. The fourth-order valence-corrected chi connectivity index (χ4v) is 6.41. The van der Waals surface area contributed by atoms with Crippen LogP contribution in [0, 0.1) is 0 Å². The van der Waals surface area contributed by atoms with Gasteiger partial charge >= 0.3 is 6.09 Å². The summed E-state index contributed by atoms with van der Waals surface area (Å²) in [6.45, 7) is 5.17. The Morgan fingerprint density at radius 3 is 2.38 bits per heavy atom. The molecule has 2 aliphatic rings. The first-order chi connectivity index (χ1) is 23.4. The standard InChI is InChI=1S/C36H36N6O5S/c1-25(38-36(45)47-24-27-5-3-2-4-6-27)33(43)39-29-9-7-28(8-10-29)32-34(44)42(23-26-15-17-37-18-16-26)35(48-32)40-30-11-13-31(14-12-30)41-19-21-46-22-20-41/h2-18,25,32H,19-24H2,1H3,(H,38,45)(H,39,43)/t25-,32?/m1/s1. The molecule has 246 valence electrons. The van der Waals surface area contributed by atoms with Crippen molar-refractivity contribution in [2.45, 2.75) is 31.4 Å². The SMILES string of the molecule is C[C@@H](NC(=O)OCc1ccccc1)C(=O)Nc1ccc(C2SC(=Nc3ccc(N4CCOCC4)cc3)N(Cc3ccncc3)C2=O)cc1. The molecule has 4 aromatic rings. The van der Waals surface area contributed by atoms with Crippen LogP contribution in [-0.2, 0) is 32.2 Å². The number of amidine groups is 1. The van der Waals surface area contributed by atoms with Crippen molar-refractivity contribution in [2.24, 2.45) is 4.99 Å². The second-order valence-electron chi connectivity index (χ2n) is 11.3. The molecule has 0 aliphatic carbocycles. The van der Waals surface area contributed by atoms with Crippen molar-refractivity contribution < 1.29 is 23.9 Å². The topological polar surface area (TPSA) is 125 Å². The van der Waals surface area contributed by atoms with E-state index in [-0.39, 0.29) is 12.5 Å². The highest BCUT2D eigenvalue weighted by Gasteiger charge is 2.39. The lowest BCUT2D eigenvalue weighted by Gasteiger charge is -2.28. The fraction of sp³-hybridized carbons (Fsp3) is 0.250. The van der Waals surface area contributed by atoms with Crippen molar-refractivity contribution in [1.29, 1.82) is 0 Å². The van der Waals surface area contributed by atoms with Gasteiger partial charge in [-0.1, -0.05) is 54.2 Å². The summed E-state index contributed by atoms with van der Waals surface area (Å²) in [5.41, 5.74) is 4.98. The first-order valence-electron chi connectivity index (χ1n) is 15.7. The average Bonchev–Trinajstić information content (AvgIpc) is 3.42. The van der Waals surface area contributed by atoms with Crippen molar-refractivity contribution in [1.82, 2.24) is 15.2 Å². The smallest absolute Gasteiger partial charge is 0.408 e. The number of nitrogens with one attached hydrogen (secondary N) is 2. The molecular weight excluding hydrogens is 628 g/mol. The number of carbonyl (C=O) groups excluding carboxylic acids is 3. The summed E-state index contributed by atoms with van der Waals surface area (Å²) in [6, 6.07) is 27.4. The molecule has 48 heavy (non-hydrogen) atoms. The third kappa shape index (κ3) is 8.38. The normalized spacial score (nSPS) is 17.6. The van der Waals surface area contributed by atoms with Crippen LogP contribution in [0.4, 0.5) is 21.9 Å². The molecule has 0 bridgehead atoms. The van der Waals surface area contributed by atoms with Gasteiger partial charge < -0.3 is 25.0 Å². The quantitative estimate of drug-likeness (QED) is 0.222. The first kappa shape index (κ1) is 32.7. The van der Waals surface area contributed by atoms with Gasteiger partial charge in [-0.25, -0.2) is 9.79 Å². The largest absolute Gasteiger partial charge is 0.445 e. The van der Waals surface area contributed by atoms with Gasteiger partial charge in [0.2, 0.25) is 11.8 Å². The molecule has 2 atom stereocenters. The summed E-state index contributed by atoms with van der Waals surface area (Å²) in [5.74, 6) is -0.479. The van der Waals surface area contributed by atoms with Crippen molar-refractivity contribution in [3.05, 3.63) is 120 Å². The molecule has 2 aliphatic heterocycles. The van der Waals surface area contributed by atoms with Crippen LogP contribution in [0.1, 0.15) is 28.9 Å². The molecule has 3 heterocycles. The minimum atomic E-state index is -0.830. The lowest BCUT2D eigenvalue weighted by molar-refractivity contribution is -0.126. The van der Waals surface area contributed by atoms with E-state index in [9.17, 15) is 14.4 Å². The minimum Gasteiger partial charge on any atom is -0.445 e. The molecule has 0 radical (unpaired) electrons. The zero-order valence-electron chi connectivity index (χ0n) is 26.5. The Kier molecular flexibility index (Phi) is 10.6. The van der Waals surface area contributed by atoms with Gasteiger partial charge in [0.05, 0.1) is 25.4 Å². The molecule has 11 nitrogen and oxygen atoms in total. The maximum atomic E-state index is 13.8. The van der Waals surface area contributed by atoms with E-state index in [2.05, 4.69) is 20.5 Å². The number of thioether (sulfide) groups is 1. The summed E-state index contributed by atoms with van der Waals surface area (Å²) in [7, 11) is 0. The Hall–Kier alpha value is -5.20. The second kappa shape index (κ2) is 15.6. The Morgan fingerprint density at radius 1 is 0.958 bits per heavy atom. The number of morpholine rings is 1. The number of anilines is 2. The van der Waals surface area contributed by atoms with Crippen LogP contribution in [0.2, 0.25) is 0 Å². The molecule has 12 heteroatoms. The highest BCUT2D eigenvalue weighted by atomic mass is 32.2. The molecule has 0 spiro atoms. The molecule has 6 rings (SSSR count). The van der Waals surface area contributed by atoms with E-state index in [1.165, 1.54) is 11.8 Å². The van der Waals surface area contributed by atoms with Crippen LogP contribution in [0.15, 0.2) is 108 Å². The molecule has 1 aromatic heterocycles. The number of rotatable bonds is 10. The van der Waals surface area contributed by atoms with E-state index >= 15 is 0 Å². The van der Waals surface area contributed by atoms with E-state index < -0.39 is 23.3 Å². The average molecular weight is 665 g/mol. The van der Waals surface area contributed by atoms with Gasteiger partial charge in [-0.3, -0.25) is 19.5 Å². The van der Waals surface area contributed by atoms with E-state index in [0.717, 1.165) is 41.2 Å². The zero-order chi connectivity index (χ0) is 33.3. The van der Waals surface area contributed by atoms with Crippen molar-refractivity contribution >= 4 is 51.9 Å². The number of nitrogens with zero attached hydrogens (tertiary/aromatic N) is 4. The maximum Gasteiger partial charge on any atom is 0.408 e. The summed E-state index contributed by atoms with van der Waals surface area (Å²) in [6.07, 6.45) is 2.73. The van der Waals surface area contributed by atoms with Crippen LogP contribution in [-0.4, -0.2) is 65.3 Å². The minimum absolute atomic E-state index is 0.0795. The van der Waals surface area contributed by atoms with Crippen LogP contribution < -0.4 is 15.5 Å². The van der Waals surface area contributed by atoms with E-state index in [0.29, 0.717) is 30.6 Å². The molecule has 3 amide bonds. The Labute approximate surface area is 283 Å². The fourth-order valence-electron chi connectivity index (χ4n) is 5.24. The van der Waals surface area contributed by atoms with E-state index in [1.807, 2.05) is 78.9 Å². The molecule has 2 saturated heterocycles. The van der Waals surface area contributed by atoms with Gasteiger partial charge in [0.15, 0.2) is 5.17 Å². The monoisotopic (exact) mass is 664 g/mol. The van der Waals surface area contributed by atoms with Crippen LogP contribution in [0.5, 0.6) is 0 Å². The van der Waals surface area contributed by atoms with E-state index in [4.69, 9.17) is 14.5 Å². The lowest BCUT2D eigenvalue weighted by atomic mass is 10.1. The van der Waals surface area contributed by atoms with Gasteiger partial charge in [0.25, 0.3) is 0 Å². The first-order valence-corrected chi connectivity index (χ1v) is 16.6. The van der Waals surface area contributed by atoms with Crippen LogP contribution in [0.25, 0.3) is 0 Å². The number of benzene rings is 3. The number of hydrogen-bond acceptors (Lipinski definition) is 9. The Morgan fingerprint density at radius 2 is 1.67 bits per heavy atom. The molecule has 1 unspecified atom stereocenters. The Balaban J connectivity index is 1.11. The Bertz CT molecular complexity index is 1730. The number of pyridine rings is 1. The number of ether oxygens (including phenoxy) is 2. The predicted molar refractivity (Wildman–Crippen MR) is 186 cm³/mol. The van der Waals surface area contributed by atoms with Gasteiger partial charge in [0, 0.05) is 36.9 Å². The maximum absolute atomic E-state index is 13.8. The van der Waals surface area contributed by atoms with E-state index in [1.54, 1.807) is 36.4 Å². The number of amides is 3. The number of carbonyl (C=O) groups is 3. The van der Waals surface area contributed by atoms with Gasteiger partial charge in [0.1, 0.15) is 17.9 Å². The molecule has 0 saturated carbocycles. The van der Waals surface area contributed by atoms with Crippen molar-refractivity contribution in [3.8, 4) is 0 Å². The van der Waals surface area contributed by atoms with Crippen LogP contribution in [0.3, 0.4) is 0 Å². The molecule has 3 aromatic carbocycles. The summed E-state index contributed by atoms with van der Waals surface area (Å²) < 4.78 is 10.7. The van der Waals surface area contributed by atoms with Gasteiger partial charge in [-0.2, -0.15) is 0 Å². The lowest BCUT2D eigenvalue weighted by Crippen LogP contribution is -2.41. The number of aromatic nitrogens is 1. The highest BCUT2D eigenvalue weighted by molar-refractivity contribution is 8.15. The predicted octanol–water partition coefficient (Wildman–Crippen LogP) is 5.68. The molecule has 2 fully saturated rings. The summed E-state index contributed by atoms with van der Waals surface area (Å²) >= 11 is 1.40. The molecular formula is C36H36N6O5S. The molecule has 2 N–H and O–H groups in total. The third-order valence-electron chi connectivity index (χ3n) is 7.91. The van der Waals surface area contributed by atoms with Crippen LogP contribution >= 0.6 is 11.8 Å².